The molecule has 21 heavy (non-hydrogen) atoms. The molecule has 0 fully saturated rings. The first kappa shape index (κ1) is 15.3. The molecule has 0 unspecified atom stereocenters. The number of carbonyl (C=O) groups excluding carboxylic acids is 1. The highest BCUT2D eigenvalue weighted by atomic mass is 35.5. The van der Waals surface area contributed by atoms with Gasteiger partial charge in [-0.1, -0.05) is 23.7 Å². The second kappa shape index (κ2) is 6.60. The van der Waals surface area contributed by atoms with Crippen molar-refractivity contribution in [2.45, 2.75) is 11.4 Å². The highest BCUT2D eigenvalue weighted by Crippen LogP contribution is 2.19. The van der Waals surface area contributed by atoms with Gasteiger partial charge in [-0.05, 0) is 23.8 Å². The molecule has 1 N–H and O–H groups in total. The summed E-state index contributed by atoms with van der Waals surface area (Å²) < 4.78 is 0. The number of carbonyl (C=O) groups is 1. The second-order valence-corrected chi connectivity index (χ2v) is 5.19. The van der Waals surface area contributed by atoms with Crippen LogP contribution in [0.2, 0.25) is 5.02 Å². The fourth-order valence-electron chi connectivity index (χ4n) is 1.70. The SMILES string of the molecule is O=C(NCc1ccc([N+](=O)[O-])cc1)c1cc(S)ccc1Cl. The Morgan fingerprint density at radius 1 is 1.24 bits per heavy atom. The van der Waals surface area contributed by atoms with E-state index in [9.17, 15) is 14.9 Å². The molecule has 1 amide bonds. The summed E-state index contributed by atoms with van der Waals surface area (Å²) in [5, 5.41) is 13.6. The number of halogens is 1. The van der Waals surface area contributed by atoms with Crippen molar-refractivity contribution in [2.75, 3.05) is 0 Å². The van der Waals surface area contributed by atoms with Crippen molar-refractivity contribution in [3.05, 3.63) is 68.7 Å². The van der Waals surface area contributed by atoms with Crippen molar-refractivity contribution in [3.8, 4) is 0 Å². The number of nitrogens with zero attached hydrogens (tertiary/aromatic N) is 1. The van der Waals surface area contributed by atoms with Gasteiger partial charge < -0.3 is 5.32 Å². The topological polar surface area (TPSA) is 72.2 Å². The zero-order valence-electron chi connectivity index (χ0n) is 10.7. The smallest absolute Gasteiger partial charge is 0.269 e. The molecule has 0 aliphatic rings. The molecule has 0 saturated heterocycles. The zero-order chi connectivity index (χ0) is 15.4. The molecule has 2 rings (SSSR count). The van der Waals surface area contributed by atoms with Gasteiger partial charge in [0.05, 0.1) is 15.5 Å². The number of benzene rings is 2. The number of hydrogen-bond donors (Lipinski definition) is 2. The van der Waals surface area contributed by atoms with Gasteiger partial charge in [0.25, 0.3) is 11.6 Å². The molecule has 0 aromatic heterocycles. The molecular weight excluding hydrogens is 312 g/mol. The van der Waals surface area contributed by atoms with E-state index in [4.69, 9.17) is 11.6 Å². The third kappa shape index (κ3) is 3.96. The van der Waals surface area contributed by atoms with Crippen LogP contribution >= 0.6 is 24.2 Å². The zero-order valence-corrected chi connectivity index (χ0v) is 12.4. The Kier molecular flexibility index (Phi) is 4.82. The van der Waals surface area contributed by atoms with Crippen molar-refractivity contribution in [1.82, 2.24) is 5.32 Å². The van der Waals surface area contributed by atoms with Gasteiger partial charge in [-0.2, -0.15) is 0 Å². The normalized spacial score (nSPS) is 10.2. The first-order valence-corrected chi connectivity index (χ1v) is 6.80. The minimum absolute atomic E-state index is 0.0101. The molecule has 0 bridgehead atoms. The molecular formula is C14H11ClN2O3S. The van der Waals surface area contributed by atoms with Crippen molar-refractivity contribution in [1.29, 1.82) is 0 Å². The highest BCUT2D eigenvalue weighted by Gasteiger charge is 2.11. The number of rotatable bonds is 4. The first-order valence-electron chi connectivity index (χ1n) is 5.97. The standard InChI is InChI=1S/C14H11ClN2O3S/c15-13-6-5-11(21)7-12(13)14(18)16-8-9-1-3-10(4-2-9)17(19)20/h1-7,21H,8H2,(H,16,18). The predicted molar refractivity (Wildman–Crippen MR) is 83.0 cm³/mol. The third-order valence-electron chi connectivity index (χ3n) is 2.79. The van der Waals surface area contributed by atoms with E-state index in [1.807, 2.05) is 0 Å². The summed E-state index contributed by atoms with van der Waals surface area (Å²) >= 11 is 10.1. The maximum atomic E-state index is 12.0. The Labute approximate surface area is 131 Å². The van der Waals surface area contributed by atoms with Gasteiger partial charge >= 0.3 is 0 Å². The minimum atomic E-state index is -0.472. The van der Waals surface area contributed by atoms with Crippen molar-refractivity contribution < 1.29 is 9.72 Å². The molecule has 2 aromatic rings. The quantitative estimate of drug-likeness (QED) is 0.514. The molecule has 0 aliphatic heterocycles. The van der Waals surface area contributed by atoms with Gasteiger partial charge in [0.15, 0.2) is 0 Å². The van der Waals surface area contributed by atoms with Gasteiger partial charge in [-0.15, -0.1) is 12.6 Å². The number of thiol groups is 1. The Bertz CT molecular complexity index is 689. The maximum Gasteiger partial charge on any atom is 0.269 e. The first-order chi connectivity index (χ1) is 9.97. The fraction of sp³-hybridized carbons (Fsp3) is 0.0714. The molecule has 5 nitrogen and oxygen atoms in total. The fourth-order valence-corrected chi connectivity index (χ4v) is 2.11. The van der Waals surface area contributed by atoms with Crippen LogP contribution in [0.4, 0.5) is 5.69 Å². The third-order valence-corrected chi connectivity index (χ3v) is 3.40. The Balaban J connectivity index is 2.04. The van der Waals surface area contributed by atoms with Crippen LogP contribution in [0.1, 0.15) is 15.9 Å². The summed E-state index contributed by atoms with van der Waals surface area (Å²) in [6, 6.07) is 10.8. The lowest BCUT2D eigenvalue weighted by Crippen LogP contribution is -2.23. The molecule has 108 valence electrons. The summed E-state index contributed by atoms with van der Waals surface area (Å²) in [4.78, 5) is 22.7. The van der Waals surface area contributed by atoms with E-state index in [1.165, 1.54) is 12.1 Å². The van der Waals surface area contributed by atoms with E-state index in [0.29, 0.717) is 15.5 Å². The Morgan fingerprint density at radius 2 is 1.90 bits per heavy atom. The molecule has 0 saturated carbocycles. The number of hydrogen-bond acceptors (Lipinski definition) is 4. The van der Waals surface area contributed by atoms with Crippen LogP contribution in [-0.4, -0.2) is 10.8 Å². The molecule has 2 aromatic carbocycles. The van der Waals surface area contributed by atoms with Crippen LogP contribution in [0.3, 0.4) is 0 Å². The molecule has 0 aliphatic carbocycles. The number of nitro benzene ring substituents is 1. The highest BCUT2D eigenvalue weighted by molar-refractivity contribution is 7.80. The number of nitrogens with one attached hydrogen (secondary N) is 1. The molecule has 0 atom stereocenters. The van der Waals surface area contributed by atoms with Crippen LogP contribution < -0.4 is 5.32 Å². The van der Waals surface area contributed by atoms with Gasteiger partial charge in [0.2, 0.25) is 0 Å². The van der Waals surface area contributed by atoms with Gasteiger partial charge in [0, 0.05) is 23.6 Å². The maximum absolute atomic E-state index is 12.0. The van der Waals surface area contributed by atoms with Gasteiger partial charge in [-0.25, -0.2) is 0 Å². The van der Waals surface area contributed by atoms with Crippen LogP contribution in [0.25, 0.3) is 0 Å². The van der Waals surface area contributed by atoms with Gasteiger partial charge in [-0.3, -0.25) is 14.9 Å². The summed E-state index contributed by atoms with van der Waals surface area (Å²) in [7, 11) is 0. The summed E-state index contributed by atoms with van der Waals surface area (Å²) in [6.07, 6.45) is 0. The van der Waals surface area contributed by atoms with E-state index in [0.717, 1.165) is 5.56 Å². The van der Waals surface area contributed by atoms with E-state index >= 15 is 0 Å². The number of non-ortho nitro benzene ring substituents is 1. The van der Waals surface area contributed by atoms with Crippen molar-refractivity contribution in [2.24, 2.45) is 0 Å². The van der Waals surface area contributed by atoms with Crippen LogP contribution in [-0.2, 0) is 6.54 Å². The Hall–Kier alpha value is -2.05. The summed E-state index contributed by atoms with van der Waals surface area (Å²) in [6.45, 7) is 0.254. The minimum Gasteiger partial charge on any atom is -0.348 e. The molecule has 7 heteroatoms. The second-order valence-electron chi connectivity index (χ2n) is 4.27. The van der Waals surface area contributed by atoms with E-state index in [1.54, 1.807) is 30.3 Å². The Morgan fingerprint density at radius 3 is 2.52 bits per heavy atom. The molecule has 0 heterocycles. The van der Waals surface area contributed by atoms with Crippen LogP contribution in [0.15, 0.2) is 47.4 Å². The van der Waals surface area contributed by atoms with E-state index in [-0.39, 0.29) is 18.1 Å². The molecule has 0 spiro atoms. The largest absolute Gasteiger partial charge is 0.348 e. The summed E-state index contributed by atoms with van der Waals surface area (Å²) in [5.41, 5.74) is 1.11. The molecule has 0 radical (unpaired) electrons. The predicted octanol–water partition coefficient (Wildman–Crippen LogP) is 3.47. The average Bonchev–Trinajstić information content (AvgIpc) is 2.47. The average molecular weight is 323 g/mol. The lowest BCUT2D eigenvalue weighted by molar-refractivity contribution is -0.384. The van der Waals surface area contributed by atoms with E-state index < -0.39 is 4.92 Å². The van der Waals surface area contributed by atoms with Gasteiger partial charge in [0.1, 0.15) is 0 Å². The number of nitro groups is 1. The van der Waals surface area contributed by atoms with Crippen LogP contribution in [0, 0.1) is 10.1 Å². The lowest BCUT2D eigenvalue weighted by Gasteiger charge is -2.07. The van der Waals surface area contributed by atoms with E-state index in [2.05, 4.69) is 17.9 Å². The van der Waals surface area contributed by atoms with Crippen molar-refractivity contribution >= 4 is 35.8 Å². The lowest BCUT2D eigenvalue weighted by atomic mass is 10.2. The summed E-state index contributed by atoms with van der Waals surface area (Å²) in [5.74, 6) is -0.325. The van der Waals surface area contributed by atoms with Crippen molar-refractivity contribution in [3.63, 3.8) is 0 Å². The monoisotopic (exact) mass is 322 g/mol. The van der Waals surface area contributed by atoms with Crippen LogP contribution in [0.5, 0.6) is 0 Å². The number of amides is 1.